The summed E-state index contributed by atoms with van der Waals surface area (Å²) in [5.74, 6) is 0.402. The monoisotopic (exact) mass is 464 g/mol. The van der Waals surface area contributed by atoms with E-state index in [9.17, 15) is 4.79 Å². The summed E-state index contributed by atoms with van der Waals surface area (Å²) in [5.41, 5.74) is 1.84. The third kappa shape index (κ3) is 2.75. The number of rotatable bonds is 1. The van der Waals surface area contributed by atoms with Crippen LogP contribution in [0.5, 0.6) is 0 Å². The second kappa shape index (κ2) is 6.04. The second-order valence-corrected chi connectivity index (χ2v) is 7.10. The third-order valence-corrected chi connectivity index (χ3v) is 5.58. The molecule has 0 aliphatic carbocycles. The Morgan fingerprint density at radius 3 is 2.45 bits per heavy atom. The Balaban J connectivity index is 2.36. The molecule has 0 saturated heterocycles. The van der Waals surface area contributed by atoms with Gasteiger partial charge in [0.05, 0.1) is 14.0 Å². The fourth-order valence-electron chi connectivity index (χ4n) is 2.13. The molecule has 1 aromatic heterocycles. The summed E-state index contributed by atoms with van der Waals surface area (Å²) in [4.78, 5) is 12.4. The predicted octanol–water partition coefficient (Wildman–Crippen LogP) is 6.33. The lowest BCUT2D eigenvalue weighted by Crippen LogP contribution is -2.02. The van der Waals surface area contributed by atoms with Gasteiger partial charge in [0.1, 0.15) is 5.76 Å². The summed E-state index contributed by atoms with van der Waals surface area (Å²) < 4.78 is 6.73. The first-order valence-corrected chi connectivity index (χ1v) is 8.47. The van der Waals surface area contributed by atoms with E-state index >= 15 is 0 Å². The molecule has 2 nitrogen and oxygen atoms in total. The minimum atomic E-state index is -0.165. The van der Waals surface area contributed by atoms with E-state index in [0.717, 1.165) is 9.13 Å². The van der Waals surface area contributed by atoms with E-state index in [1.165, 1.54) is 6.07 Å². The van der Waals surface area contributed by atoms with Gasteiger partial charge in [0.15, 0.2) is 11.0 Å². The molecule has 3 aromatic rings. The lowest BCUT2D eigenvalue weighted by atomic mass is 10.1. The number of fused-ring (bicyclic) bond motifs is 1. The van der Waals surface area contributed by atoms with Crippen LogP contribution in [0.3, 0.4) is 0 Å². The average Bonchev–Trinajstić information content (AvgIpc) is 2.46. The molecular weight excluding hydrogens is 457 g/mol. The fourth-order valence-corrected chi connectivity index (χ4v) is 3.69. The fraction of sp³-hybridized carbons (Fsp3) is 0.0625. The minimum absolute atomic E-state index is 0.165. The van der Waals surface area contributed by atoms with Crippen LogP contribution in [0.15, 0.2) is 39.5 Å². The molecule has 0 fully saturated rings. The van der Waals surface area contributed by atoms with Gasteiger partial charge in [0.2, 0.25) is 0 Å². The average molecular weight is 466 g/mol. The van der Waals surface area contributed by atoms with Crippen LogP contribution >= 0.6 is 57.4 Å². The van der Waals surface area contributed by atoms with Gasteiger partial charge in [0.25, 0.3) is 0 Å². The quantitative estimate of drug-likeness (QED) is 0.393. The Morgan fingerprint density at radius 1 is 1.05 bits per heavy atom. The van der Waals surface area contributed by atoms with Crippen LogP contribution in [-0.2, 0) is 0 Å². The zero-order valence-corrected chi connectivity index (χ0v) is 15.6. The first-order valence-electron chi connectivity index (χ1n) is 6.26. The molecule has 112 valence electrons. The van der Waals surface area contributed by atoms with Crippen molar-refractivity contribution in [2.45, 2.75) is 6.92 Å². The highest BCUT2D eigenvalue weighted by Gasteiger charge is 2.15. The first-order chi connectivity index (χ1) is 10.4. The van der Waals surface area contributed by atoms with Crippen LogP contribution in [-0.4, -0.2) is 0 Å². The molecule has 0 unspecified atom stereocenters. The number of halogens is 4. The van der Waals surface area contributed by atoms with Gasteiger partial charge in [-0.25, -0.2) is 0 Å². The molecule has 2 aromatic carbocycles. The van der Waals surface area contributed by atoms with Gasteiger partial charge in [0, 0.05) is 21.7 Å². The van der Waals surface area contributed by atoms with Gasteiger partial charge >= 0.3 is 0 Å². The molecule has 0 aliphatic rings. The van der Waals surface area contributed by atoms with Crippen LogP contribution in [0, 0.1) is 10.5 Å². The Bertz CT molecular complexity index is 964. The van der Waals surface area contributed by atoms with Crippen molar-refractivity contribution in [2.75, 3.05) is 0 Å². The van der Waals surface area contributed by atoms with Crippen LogP contribution < -0.4 is 5.43 Å². The Morgan fingerprint density at radius 2 is 1.77 bits per heavy atom. The Hall–Kier alpha value is -0.750. The summed E-state index contributed by atoms with van der Waals surface area (Å²) in [6, 6.07) is 8.09. The highest BCUT2D eigenvalue weighted by Crippen LogP contribution is 2.34. The van der Waals surface area contributed by atoms with E-state index in [0.29, 0.717) is 37.4 Å². The van der Waals surface area contributed by atoms with Gasteiger partial charge in [-0.3, -0.25) is 4.79 Å². The van der Waals surface area contributed by atoms with Crippen molar-refractivity contribution in [3.63, 3.8) is 0 Å². The summed E-state index contributed by atoms with van der Waals surface area (Å²) in [7, 11) is 0. The SMILES string of the molecule is Cc1c(Cl)cc2c(=O)cc(-c3ccc(Cl)cc3Cl)oc2c1I. The molecule has 3 rings (SSSR count). The Labute approximate surface area is 155 Å². The molecule has 22 heavy (non-hydrogen) atoms. The molecule has 1 heterocycles. The van der Waals surface area contributed by atoms with Gasteiger partial charge in [-0.05, 0) is 59.3 Å². The molecule has 0 spiro atoms. The van der Waals surface area contributed by atoms with E-state index in [-0.39, 0.29) is 5.43 Å². The standard InChI is InChI=1S/C16H8Cl3IO2/c1-7-11(18)5-10-13(21)6-14(22-16(10)15(7)20)9-3-2-8(17)4-12(9)19/h2-6H,1H3. The summed E-state index contributed by atoms with van der Waals surface area (Å²) in [6.45, 7) is 1.88. The molecule has 0 saturated carbocycles. The predicted molar refractivity (Wildman–Crippen MR) is 100 cm³/mol. The Kier molecular flexibility index (Phi) is 4.42. The first kappa shape index (κ1) is 16.1. The van der Waals surface area contributed by atoms with Crippen molar-refractivity contribution < 1.29 is 4.42 Å². The van der Waals surface area contributed by atoms with E-state index < -0.39 is 0 Å². The maximum absolute atomic E-state index is 12.4. The number of hydrogen-bond donors (Lipinski definition) is 0. The molecule has 0 amide bonds. The third-order valence-electron chi connectivity index (χ3n) is 3.34. The maximum atomic E-state index is 12.4. The van der Waals surface area contributed by atoms with Crippen LogP contribution in [0.1, 0.15) is 5.56 Å². The topological polar surface area (TPSA) is 30.2 Å². The normalized spacial score (nSPS) is 11.1. The van der Waals surface area contributed by atoms with Gasteiger partial charge < -0.3 is 4.42 Å². The van der Waals surface area contributed by atoms with Crippen molar-refractivity contribution >= 4 is 68.4 Å². The molecule has 0 N–H and O–H groups in total. The lowest BCUT2D eigenvalue weighted by Gasteiger charge is -2.09. The van der Waals surface area contributed by atoms with Crippen LogP contribution in [0.4, 0.5) is 0 Å². The van der Waals surface area contributed by atoms with E-state index in [2.05, 4.69) is 22.6 Å². The maximum Gasteiger partial charge on any atom is 0.193 e. The van der Waals surface area contributed by atoms with E-state index in [4.69, 9.17) is 39.2 Å². The highest BCUT2D eigenvalue weighted by molar-refractivity contribution is 14.1. The van der Waals surface area contributed by atoms with Gasteiger partial charge in [-0.15, -0.1) is 0 Å². The second-order valence-electron chi connectivity index (χ2n) is 4.77. The summed E-state index contributed by atoms with van der Waals surface area (Å²) in [6.07, 6.45) is 0. The minimum Gasteiger partial charge on any atom is -0.455 e. The summed E-state index contributed by atoms with van der Waals surface area (Å²) in [5, 5.41) is 1.94. The molecule has 0 radical (unpaired) electrons. The smallest absolute Gasteiger partial charge is 0.193 e. The molecule has 0 bridgehead atoms. The van der Waals surface area contributed by atoms with Crippen LogP contribution in [0.2, 0.25) is 15.1 Å². The van der Waals surface area contributed by atoms with Crippen LogP contribution in [0.25, 0.3) is 22.3 Å². The zero-order valence-electron chi connectivity index (χ0n) is 11.2. The summed E-state index contributed by atoms with van der Waals surface area (Å²) >= 11 is 20.4. The van der Waals surface area contributed by atoms with Crippen molar-refractivity contribution in [1.29, 1.82) is 0 Å². The van der Waals surface area contributed by atoms with E-state index in [1.807, 2.05) is 6.92 Å². The molecule has 6 heteroatoms. The number of benzene rings is 2. The van der Waals surface area contributed by atoms with Gasteiger partial charge in [-0.2, -0.15) is 0 Å². The lowest BCUT2D eigenvalue weighted by molar-refractivity contribution is 0.616. The molecule has 0 aliphatic heterocycles. The van der Waals surface area contributed by atoms with E-state index in [1.54, 1.807) is 24.3 Å². The van der Waals surface area contributed by atoms with Crippen molar-refractivity contribution in [3.05, 3.63) is 64.8 Å². The largest absolute Gasteiger partial charge is 0.455 e. The molecule has 0 atom stereocenters. The molecular formula is C16H8Cl3IO2. The van der Waals surface area contributed by atoms with Crippen molar-refractivity contribution in [3.8, 4) is 11.3 Å². The number of hydrogen-bond acceptors (Lipinski definition) is 2. The highest BCUT2D eigenvalue weighted by atomic mass is 127. The van der Waals surface area contributed by atoms with Crippen molar-refractivity contribution in [1.82, 2.24) is 0 Å². The van der Waals surface area contributed by atoms with Crippen molar-refractivity contribution in [2.24, 2.45) is 0 Å². The van der Waals surface area contributed by atoms with Gasteiger partial charge in [-0.1, -0.05) is 34.8 Å². The zero-order chi connectivity index (χ0) is 16.0.